The van der Waals surface area contributed by atoms with E-state index < -0.39 is 5.79 Å². The van der Waals surface area contributed by atoms with Crippen molar-refractivity contribution in [3.63, 3.8) is 0 Å². The second-order valence-corrected chi connectivity index (χ2v) is 9.07. The van der Waals surface area contributed by atoms with Crippen molar-refractivity contribution in [2.24, 2.45) is 0 Å². The number of carbonyl (C=O) groups excluding carboxylic acids is 1. The Balaban J connectivity index is 1.20. The van der Waals surface area contributed by atoms with Crippen molar-refractivity contribution in [3.8, 4) is 11.5 Å². The van der Waals surface area contributed by atoms with E-state index in [0.29, 0.717) is 19.8 Å². The van der Waals surface area contributed by atoms with Crippen LogP contribution in [0.15, 0.2) is 67.3 Å². The largest absolute Gasteiger partial charge is 0.497 e. The number of amides is 1. The van der Waals surface area contributed by atoms with Crippen LogP contribution in [0.3, 0.4) is 0 Å². The normalized spacial score (nSPS) is 22.0. The Bertz CT molecular complexity index is 1130. The highest BCUT2D eigenvalue weighted by Gasteiger charge is 2.44. The van der Waals surface area contributed by atoms with E-state index in [1.807, 2.05) is 52.1 Å². The summed E-state index contributed by atoms with van der Waals surface area (Å²) in [6.45, 7) is 6.05. The maximum absolute atomic E-state index is 11.6. The van der Waals surface area contributed by atoms with Gasteiger partial charge in [-0.05, 0) is 48.5 Å². The smallest absolute Gasteiger partial charge is 0.219 e. The van der Waals surface area contributed by atoms with E-state index in [2.05, 4.69) is 22.0 Å². The minimum Gasteiger partial charge on any atom is -0.497 e. The molecule has 2 fully saturated rings. The summed E-state index contributed by atoms with van der Waals surface area (Å²) in [6.07, 6.45) is 5.16. The number of nitrogens with zero attached hydrogens (tertiary/aromatic N) is 4. The Labute approximate surface area is 211 Å². The van der Waals surface area contributed by atoms with Crippen LogP contribution >= 0.6 is 0 Å². The van der Waals surface area contributed by atoms with Crippen molar-refractivity contribution in [1.29, 1.82) is 0 Å². The second-order valence-electron chi connectivity index (χ2n) is 9.07. The molecule has 2 aliphatic rings. The fraction of sp³-hybridized carbons (Fsp3) is 0.407. The van der Waals surface area contributed by atoms with Gasteiger partial charge in [-0.2, -0.15) is 0 Å². The van der Waals surface area contributed by atoms with E-state index in [4.69, 9.17) is 18.9 Å². The van der Waals surface area contributed by atoms with E-state index >= 15 is 0 Å². The zero-order chi connectivity index (χ0) is 25.0. The van der Waals surface area contributed by atoms with Gasteiger partial charge in [0.2, 0.25) is 11.7 Å². The number of aromatic nitrogens is 2. The number of hydrogen-bond acceptors (Lipinski definition) is 7. The number of anilines is 1. The van der Waals surface area contributed by atoms with E-state index in [-0.39, 0.29) is 12.0 Å². The molecule has 3 heterocycles. The zero-order valence-corrected chi connectivity index (χ0v) is 20.7. The first-order valence-corrected chi connectivity index (χ1v) is 12.2. The van der Waals surface area contributed by atoms with Crippen LogP contribution < -0.4 is 14.4 Å². The van der Waals surface area contributed by atoms with Gasteiger partial charge < -0.3 is 33.3 Å². The van der Waals surface area contributed by atoms with E-state index in [9.17, 15) is 4.79 Å². The van der Waals surface area contributed by atoms with Crippen molar-refractivity contribution in [3.05, 3.63) is 72.8 Å². The van der Waals surface area contributed by atoms with Gasteiger partial charge in [-0.3, -0.25) is 4.79 Å². The van der Waals surface area contributed by atoms with Gasteiger partial charge >= 0.3 is 0 Å². The third-order valence-electron chi connectivity index (χ3n) is 6.70. The van der Waals surface area contributed by atoms with Crippen LogP contribution in [0.5, 0.6) is 11.5 Å². The molecule has 0 aliphatic carbocycles. The first-order chi connectivity index (χ1) is 17.5. The monoisotopic (exact) mass is 492 g/mol. The summed E-state index contributed by atoms with van der Waals surface area (Å²) in [7, 11) is 1.65. The van der Waals surface area contributed by atoms with Crippen molar-refractivity contribution < 1.29 is 23.7 Å². The lowest BCUT2D eigenvalue weighted by atomic mass is 10.1. The molecule has 36 heavy (non-hydrogen) atoms. The first-order valence-electron chi connectivity index (χ1n) is 12.2. The van der Waals surface area contributed by atoms with Gasteiger partial charge in [-0.25, -0.2) is 4.98 Å². The van der Waals surface area contributed by atoms with Gasteiger partial charge in [0.15, 0.2) is 0 Å². The highest BCUT2D eigenvalue weighted by Crippen LogP contribution is 2.37. The van der Waals surface area contributed by atoms with Crippen LogP contribution in [0, 0.1) is 0 Å². The standard InChI is InChI=1S/C27H32N4O5/c1-21(32)30-13-15-31(16-14-30)23-5-9-25(10-6-23)34-17-26-18-35-27(36-26,19-29-12-11-28-20-29)22-3-7-24(33-2)8-4-22/h3-12,20,26H,13-19H2,1-2H3. The average Bonchev–Trinajstić information content (AvgIpc) is 3.59. The van der Waals surface area contributed by atoms with Crippen LogP contribution in [-0.4, -0.2) is 73.0 Å². The Morgan fingerprint density at radius 1 is 1.06 bits per heavy atom. The topological polar surface area (TPSA) is 78.3 Å². The maximum Gasteiger partial charge on any atom is 0.219 e. The Hall–Kier alpha value is -3.56. The molecule has 2 aromatic carbocycles. The number of imidazole rings is 1. The summed E-state index contributed by atoms with van der Waals surface area (Å²) in [6, 6.07) is 15.8. The number of benzene rings is 2. The zero-order valence-electron chi connectivity index (χ0n) is 20.7. The molecule has 190 valence electrons. The summed E-state index contributed by atoms with van der Waals surface area (Å²) >= 11 is 0. The van der Waals surface area contributed by atoms with E-state index in [1.165, 1.54) is 0 Å². The molecule has 2 aliphatic heterocycles. The van der Waals surface area contributed by atoms with Gasteiger partial charge in [0, 0.05) is 56.7 Å². The average molecular weight is 493 g/mol. The molecule has 5 rings (SSSR count). The third-order valence-corrected chi connectivity index (χ3v) is 6.70. The highest BCUT2D eigenvalue weighted by atomic mass is 16.8. The molecule has 1 amide bonds. The van der Waals surface area contributed by atoms with Crippen molar-refractivity contribution in [1.82, 2.24) is 14.5 Å². The predicted molar refractivity (Wildman–Crippen MR) is 134 cm³/mol. The summed E-state index contributed by atoms with van der Waals surface area (Å²) < 4.78 is 26.1. The van der Waals surface area contributed by atoms with Crippen LogP contribution in [-0.2, 0) is 26.6 Å². The Kier molecular flexibility index (Phi) is 7.11. The maximum atomic E-state index is 11.6. The number of methoxy groups -OCH3 is 1. The molecular formula is C27H32N4O5. The van der Waals surface area contributed by atoms with Gasteiger partial charge in [-0.15, -0.1) is 0 Å². The lowest BCUT2D eigenvalue weighted by Gasteiger charge is -2.35. The summed E-state index contributed by atoms with van der Waals surface area (Å²) in [4.78, 5) is 19.9. The lowest BCUT2D eigenvalue weighted by molar-refractivity contribution is -0.189. The number of carbonyl (C=O) groups is 1. The lowest BCUT2D eigenvalue weighted by Crippen LogP contribution is -2.48. The molecule has 2 unspecified atom stereocenters. The van der Waals surface area contributed by atoms with Crippen molar-refractivity contribution >= 4 is 11.6 Å². The fourth-order valence-electron chi connectivity index (χ4n) is 4.66. The molecule has 2 saturated heterocycles. The predicted octanol–water partition coefficient (Wildman–Crippen LogP) is 2.91. The van der Waals surface area contributed by atoms with Gasteiger partial charge in [0.25, 0.3) is 0 Å². The quantitative estimate of drug-likeness (QED) is 0.479. The first kappa shape index (κ1) is 24.1. The van der Waals surface area contributed by atoms with E-state index in [1.54, 1.807) is 26.6 Å². The molecule has 1 aromatic heterocycles. The Morgan fingerprint density at radius 2 is 1.78 bits per heavy atom. The molecule has 0 saturated carbocycles. The highest BCUT2D eigenvalue weighted by molar-refractivity contribution is 5.73. The third kappa shape index (κ3) is 5.32. The molecule has 3 aromatic rings. The molecule has 0 spiro atoms. The van der Waals surface area contributed by atoms with Gasteiger partial charge in [-0.1, -0.05) is 0 Å². The van der Waals surface area contributed by atoms with Crippen molar-refractivity contribution in [2.75, 3.05) is 51.4 Å². The molecular weight excluding hydrogens is 460 g/mol. The Morgan fingerprint density at radius 3 is 2.42 bits per heavy atom. The van der Waals surface area contributed by atoms with Crippen molar-refractivity contribution in [2.45, 2.75) is 25.4 Å². The van der Waals surface area contributed by atoms with E-state index in [0.717, 1.165) is 48.9 Å². The summed E-state index contributed by atoms with van der Waals surface area (Å²) in [5.74, 6) is 0.754. The minimum atomic E-state index is -0.938. The number of rotatable bonds is 8. The molecule has 9 heteroatoms. The summed E-state index contributed by atoms with van der Waals surface area (Å²) in [5.41, 5.74) is 2.04. The number of piperazine rings is 1. The SMILES string of the molecule is COc1ccc(C2(Cn3ccnc3)OCC(COc3ccc(N4CCN(C(C)=O)CC4)cc3)O2)cc1. The van der Waals surface area contributed by atoms with Gasteiger partial charge in [0.05, 0.1) is 26.6 Å². The second kappa shape index (κ2) is 10.6. The molecule has 9 nitrogen and oxygen atoms in total. The number of hydrogen-bond donors (Lipinski definition) is 0. The van der Waals surface area contributed by atoms with Gasteiger partial charge in [0.1, 0.15) is 24.2 Å². The van der Waals surface area contributed by atoms with Crippen LogP contribution in [0.2, 0.25) is 0 Å². The van der Waals surface area contributed by atoms with Crippen LogP contribution in [0.1, 0.15) is 12.5 Å². The summed E-state index contributed by atoms with van der Waals surface area (Å²) in [5, 5.41) is 0. The van der Waals surface area contributed by atoms with Crippen LogP contribution in [0.25, 0.3) is 0 Å². The molecule has 0 bridgehead atoms. The molecule has 0 N–H and O–H groups in total. The minimum absolute atomic E-state index is 0.137. The number of ether oxygens (including phenoxy) is 4. The molecule has 2 atom stereocenters. The molecule has 0 radical (unpaired) electrons. The van der Waals surface area contributed by atoms with Crippen LogP contribution in [0.4, 0.5) is 5.69 Å². The fourth-order valence-corrected chi connectivity index (χ4v) is 4.66.